The molecule has 0 aromatic carbocycles. The first-order chi connectivity index (χ1) is 36.6. The van der Waals surface area contributed by atoms with Crippen LogP contribution >= 0.6 is 0 Å². The topological polar surface area (TPSA) is 380 Å². The zero-order valence-electron chi connectivity index (χ0n) is 45.6. The van der Waals surface area contributed by atoms with E-state index in [9.17, 15) is 76.0 Å². The highest BCUT2D eigenvalue weighted by molar-refractivity contribution is 5.79. The van der Waals surface area contributed by atoms with Crippen LogP contribution in [-0.2, 0) is 52.2 Å². The van der Waals surface area contributed by atoms with Gasteiger partial charge in [-0.05, 0) is 104 Å². The monoisotopic (exact) mass is 1120 g/mol. The molecule has 24 nitrogen and oxygen atoms in total. The second-order valence-corrected chi connectivity index (χ2v) is 25.9. The molecule has 4 saturated carbocycles. The second-order valence-electron chi connectivity index (χ2n) is 25.9. The Bertz CT molecular complexity index is 2180. The first-order valence-corrected chi connectivity index (χ1v) is 27.8. The van der Waals surface area contributed by atoms with Gasteiger partial charge in [-0.25, -0.2) is 4.79 Å². The minimum Gasteiger partial charge on any atom is -0.467 e. The van der Waals surface area contributed by atoms with Crippen LogP contribution < -0.4 is 0 Å². The first kappa shape index (κ1) is 60.5. The predicted molar refractivity (Wildman–Crippen MR) is 263 cm³/mol. The molecule has 0 unspecified atom stereocenters. The molecule has 0 amide bonds. The van der Waals surface area contributed by atoms with Crippen LogP contribution in [0.2, 0.25) is 0 Å². The van der Waals surface area contributed by atoms with Crippen LogP contribution in [0.5, 0.6) is 0 Å². The number of carbonyl (C=O) groups excluding carboxylic acids is 2. The van der Waals surface area contributed by atoms with Gasteiger partial charge in [0.25, 0.3) is 0 Å². The van der Waals surface area contributed by atoms with Crippen molar-refractivity contribution in [1.82, 2.24) is 0 Å². The van der Waals surface area contributed by atoms with Gasteiger partial charge in [-0.3, -0.25) is 4.79 Å². The lowest BCUT2D eigenvalue weighted by atomic mass is 9.33. The largest absolute Gasteiger partial charge is 0.467 e. The quantitative estimate of drug-likeness (QED) is 0.0558. The van der Waals surface area contributed by atoms with Gasteiger partial charge in [-0.1, -0.05) is 53.2 Å². The van der Waals surface area contributed by atoms with Gasteiger partial charge in [-0.2, -0.15) is 0 Å². The van der Waals surface area contributed by atoms with Crippen LogP contribution in [0.15, 0.2) is 11.6 Å². The number of hydrogen-bond acceptors (Lipinski definition) is 24. The van der Waals surface area contributed by atoms with E-state index in [4.69, 9.17) is 42.6 Å². The molecule has 0 spiro atoms. The smallest absolute Gasteiger partial charge is 0.337 e. The van der Waals surface area contributed by atoms with Crippen molar-refractivity contribution in [1.29, 1.82) is 0 Å². The van der Waals surface area contributed by atoms with Crippen molar-refractivity contribution in [2.45, 2.75) is 229 Å². The number of methoxy groups -OCH3 is 1. The molecule has 0 aromatic heterocycles. The van der Waals surface area contributed by atoms with Crippen LogP contribution in [0.4, 0.5) is 0 Å². The second kappa shape index (κ2) is 22.1. The van der Waals surface area contributed by atoms with Crippen molar-refractivity contribution in [3.8, 4) is 0 Å². The summed E-state index contributed by atoms with van der Waals surface area (Å²) in [5.74, 6) is -1.97. The molecule has 28 atom stereocenters. The number of hydrogen-bond donors (Lipinski definition) is 13. The third-order valence-corrected chi connectivity index (χ3v) is 21.3. The van der Waals surface area contributed by atoms with Gasteiger partial charge in [0.1, 0.15) is 85.5 Å². The van der Waals surface area contributed by atoms with Crippen LogP contribution in [-0.4, -0.2) is 235 Å². The van der Waals surface area contributed by atoms with Crippen molar-refractivity contribution < 1.29 is 119 Å². The molecule has 9 rings (SSSR count). The molecule has 0 radical (unpaired) electrons. The Balaban J connectivity index is 0.989. The molecule has 0 bridgehead atoms. The summed E-state index contributed by atoms with van der Waals surface area (Å²) < 4.78 is 53.0. The summed E-state index contributed by atoms with van der Waals surface area (Å²) in [6, 6.07) is 0. The van der Waals surface area contributed by atoms with Crippen LogP contribution in [0.3, 0.4) is 0 Å². The summed E-state index contributed by atoms with van der Waals surface area (Å²) in [4.78, 5) is 27.9. The molecule has 8 fully saturated rings. The molecule has 4 saturated heterocycles. The molecule has 5 aliphatic carbocycles. The van der Waals surface area contributed by atoms with E-state index in [2.05, 4.69) is 40.7 Å². The Morgan fingerprint density at radius 2 is 1.21 bits per heavy atom. The minimum atomic E-state index is -2.01. The molecule has 4 heterocycles. The van der Waals surface area contributed by atoms with E-state index in [0.29, 0.717) is 51.4 Å². The number of fused-ring (bicyclic) bond motifs is 7. The lowest BCUT2D eigenvalue weighted by Gasteiger charge is -2.71. The van der Waals surface area contributed by atoms with E-state index in [1.807, 2.05) is 6.92 Å². The fourth-order valence-electron chi connectivity index (χ4n) is 16.3. The average Bonchev–Trinajstić information content (AvgIpc) is 3.44. The molecule has 24 heteroatoms. The molecule has 13 N–H and O–H groups in total. The molecule has 9 aliphatic rings. The molecule has 446 valence electrons. The summed E-state index contributed by atoms with van der Waals surface area (Å²) in [5.41, 5.74) is -2.08. The highest BCUT2D eigenvalue weighted by Gasteiger charge is 2.71. The van der Waals surface area contributed by atoms with E-state index in [1.54, 1.807) is 0 Å². The zero-order valence-corrected chi connectivity index (χ0v) is 45.6. The minimum absolute atomic E-state index is 0.0647. The molecule has 0 aromatic rings. The van der Waals surface area contributed by atoms with Crippen molar-refractivity contribution in [2.24, 2.45) is 50.2 Å². The van der Waals surface area contributed by atoms with E-state index in [1.165, 1.54) is 5.57 Å². The van der Waals surface area contributed by atoms with Crippen molar-refractivity contribution >= 4 is 11.9 Å². The third-order valence-electron chi connectivity index (χ3n) is 21.3. The maximum atomic E-state index is 14.8. The van der Waals surface area contributed by atoms with Crippen LogP contribution in [0.1, 0.15) is 106 Å². The lowest BCUT2D eigenvalue weighted by Crippen LogP contribution is -2.68. The fourth-order valence-corrected chi connectivity index (χ4v) is 16.3. The first-order valence-electron chi connectivity index (χ1n) is 27.8. The van der Waals surface area contributed by atoms with E-state index in [-0.39, 0.29) is 35.2 Å². The highest BCUT2D eigenvalue weighted by atomic mass is 16.8. The summed E-state index contributed by atoms with van der Waals surface area (Å²) in [6.07, 6.45) is -25.5. The van der Waals surface area contributed by atoms with Crippen molar-refractivity contribution in [3.05, 3.63) is 11.6 Å². The van der Waals surface area contributed by atoms with Crippen molar-refractivity contribution in [3.63, 3.8) is 0 Å². The standard InChI is InChI=1S/C54H86O24/c1-49(2)14-16-54(48(69)78-45-39(67)34(62)32(60)26(19-55)72-45)17-15-52(5)23(24(54)18-49)8-9-29-50(3)12-11-30(51(4,22-57)28(50)10-13-53(29,52)6)74-47-42(37(65)36(64)40(75-47)43(68)70-7)77-46-41(35(63)33(61)27(20-56)73-46)76-44-38(66)31(59)25(58)21-71-44/h8,24-42,44-47,55-67H,9-22H2,1-7H3/t24-,25-,26+,27+,28+,29+,30-,31-,32+,33+,34-,35-,36-,37-,38+,39+,40-,41+,42+,44-,45-,46-,47+,50-,51-,52+,53+,54-/m0/s1. The average molecular weight is 1120 g/mol. The zero-order chi connectivity index (χ0) is 57.0. The molecular weight excluding hydrogens is 1030 g/mol. The molecule has 4 aliphatic heterocycles. The van der Waals surface area contributed by atoms with E-state index < -0.39 is 176 Å². The molecule has 78 heavy (non-hydrogen) atoms. The summed E-state index contributed by atoms with van der Waals surface area (Å²) >= 11 is 0. The Morgan fingerprint density at radius 1 is 0.615 bits per heavy atom. The van der Waals surface area contributed by atoms with Gasteiger partial charge in [0.15, 0.2) is 25.0 Å². The number of aliphatic hydroxyl groups is 13. The molecular formula is C54H86O24. The number of esters is 2. The Morgan fingerprint density at radius 3 is 1.85 bits per heavy atom. The fraction of sp³-hybridized carbons (Fsp3) is 0.926. The van der Waals surface area contributed by atoms with Gasteiger partial charge in [0.2, 0.25) is 6.29 Å². The van der Waals surface area contributed by atoms with Gasteiger partial charge < -0.3 is 109 Å². The number of rotatable bonds is 12. The number of carbonyl (C=O) groups is 2. The number of aliphatic hydroxyl groups excluding tert-OH is 13. The van der Waals surface area contributed by atoms with Crippen LogP contribution in [0.25, 0.3) is 0 Å². The lowest BCUT2D eigenvalue weighted by molar-refractivity contribution is -0.393. The number of allylic oxidation sites excluding steroid dienone is 2. The Kier molecular flexibility index (Phi) is 17.2. The van der Waals surface area contributed by atoms with Crippen molar-refractivity contribution in [2.75, 3.05) is 33.5 Å². The van der Waals surface area contributed by atoms with Gasteiger partial charge in [0, 0.05) is 5.41 Å². The van der Waals surface area contributed by atoms with Crippen LogP contribution in [0, 0.1) is 50.2 Å². The predicted octanol–water partition coefficient (Wildman–Crippen LogP) is -2.24. The van der Waals surface area contributed by atoms with Gasteiger partial charge in [-0.15, -0.1) is 0 Å². The normalized spacial score (nSPS) is 53.1. The SMILES string of the molecule is COC(=O)[C@H]1O[C@@H](O[C@H]2CC[C@@]3(C)[C@@H](CC[C@]4(C)[C@@H]3CC=C3[C@@H]5CC(C)(C)CC[C@]5(C(=O)O[C@@H]5O[C@H](CO)[C@@H](O)[C@H](O)[C@H]5O)CC[C@]34C)[C@]2(C)CO)[C@H](O[C@@H]2O[C@H](CO)[C@@H](O)[C@H](O)[C@H]2O[C@@H]2OC[C@H](O)[C@H](O)[C@H]2O)[C@@H](O)[C@@H]1O. The van der Waals surface area contributed by atoms with Gasteiger partial charge in [0.05, 0.1) is 45.1 Å². The maximum Gasteiger partial charge on any atom is 0.337 e. The summed E-state index contributed by atoms with van der Waals surface area (Å²) in [7, 11) is 1.06. The Labute approximate surface area is 453 Å². The maximum absolute atomic E-state index is 14.8. The van der Waals surface area contributed by atoms with E-state index in [0.717, 1.165) is 20.0 Å². The van der Waals surface area contributed by atoms with Gasteiger partial charge >= 0.3 is 11.9 Å². The van der Waals surface area contributed by atoms with E-state index >= 15 is 0 Å². The third kappa shape index (κ3) is 9.72. The summed E-state index contributed by atoms with van der Waals surface area (Å²) in [5, 5.41) is 140. The summed E-state index contributed by atoms with van der Waals surface area (Å²) in [6.45, 7) is 10.9. The number of ether oxygens (including phenoxy) is 9. The Hall–Kier alpha value is -2.12. The highest BCUT2D eigenvalue weighted by Crippen LogP contribution is 2.76.